The first-order valence-electron chi connectivity index (χ1n) is 2.02. The monoisotopic (exact) mass is 272 g/mol. The molecule has 0 aromatic rings. The van der Waals surface area contributed by atoms with E-state index >= 15 is 0 Å². The second-order valence-electron chi connectivity index (χ2n) is 1.30. The van der Waals surface area contributed by atoms with Crippen molar-refractivity contribution in [3.8, 4) is 0 Å². The summed E-state index contributed by atoms with van der Waals surface area (Å²) in [5, 5.41) is 13.9. The van der Waals surface area contributed by atoms with Crippen LogP contribution in [0.3, 0.4) is 0 Å². The van der Waals surface area contributed by atoms with Crippen molar-refractivity contribution in [2.24, 2.45) is 0 Å². The number of hydrogen-bond acceptors (Lipinski definition) is 1. The molecule has 0 heterocycles. The van der Waals surface area contributed by atoms with Crippen molar-refractivity contribution in [1.29, 1.82) is 0 Å². The predicted octanol–water partition coefficient (Wildman–Crippen LogP) is -0.831. The molecule has 0 spiro atoms. The summed E-state index contributed by atoms with van der Waals surface area (Å²) in [6.45, 7) is 4.31. The van der Waals surface area contributed by atoms with Gasteiger partial charge in [0.15, 0.2) is 0 Å². The number of rotatable bonds is 0. The fourth-order valence-electron chi connectivity index (χ4n) is 0. The van der Waals surface area contributed by atoms with Crippen molar-refractivity contribution < 1.29 is 67.8 Å². The number of alkyl halides is 1. The molecule has 5 heteroatoms. The zero-order chi connectivity index (χ0) is 7.15. The van der Waals surface area contributed by atoms with Crippen molar-refractivity contribution in [2.75, 3.05) is 0 Å². The number of hydrogen-bond donors (Lipinski definition) is 2. The molecule has 0 aliphatic heterocycles. The molecular formula is C4H10IKO3. The van der Waals surface area contributed by atoms with Crippen molar-refractivity contribution in [3.05, 3.63) is 0 Å². The van der Waals surface area contributed by atoms with Crippen LogP contribution in [0.4, 0.5) is 4.79 Å². The Morgan fingerprint density at radius 1 is 1.56 bits per heavy atom. The van der Waals surface area contributed by atoms with E-state index in [1.807, 2.05) is 0 Å². The fourth-order valence-corrected chi connectivity index (χ4v) is 0. The van der Waals surface area contributed by atoms with Gasteiger partial charge in [0.25, 0.3) is 0 Å². The van der Waals surface area contributed by atoms with Gasteiger partial charge in [-0.1, -0.05) is 36.4 Å². The molecule has 0 saturated carbocycles. The Labute approximate surface area is 112 Å². The standard InChI is InChI=1S/C3H7I.CH2O3.K.H/c1-3(2)4;2-1(3)4;;/h3H,1-2H3;(H2,2,3,4);;/q;;+1;-1. The van der Waals surface area contributed by atoms with E-state index < -0.39 is 6.16 Å². The summed E-state index contributed by atoms with van der Waals surface area (Å²) in [7, 11) is 0. The first-order chi connectivity index (χ1) is 3.46. The maximum Gasteiger partial charge on any atom is 1.00 e. The summed E-state index contributed by atoms with van der Waals surface area (Å²) >= 11 is 2.34. The van der Waals surface area contributed by atoms with Crippen molar-refractivity contribution in [1.82, 2.24) is 0 Å². The van der Waals surface area contributed by atoms with Crippen LogP contribution in [0.15, 0.2) is 0 Å². The van der Waals surface area contributed by atoms with Gasteiger partial charge in [-0.15, -0.1) is 0 Å². The van der Waals surface area contributed by atoms with E-state index in [4.69, 9.17) is 15.0 Å². The van der Waals surface area contributed by atoms with E-state index in [-0.39, 0.29) is 52.8 Å². The largest absolute Gasteiger partial charge is 1.00 e. The molecule has 0 aliphatic carbocycles. The number of carboxylic acid groups (broad SMARTS) is 2. The van der Waals surface area contributed by atoms with Gasteiger partial charge in [-0.3, -0.25) is 0 Å². The van der Waals surface area contributed by atoms with Gasteiger partial charge in [0.05, 0.1) is 0 Å². The average Bonchev–Trinajstić information content (AvgIpc) is 1.25. The molecule has 0 aliphatic rings. The minimum Gasteiger partial charge on any atom is -1.00 e. The van der Waals surface area contributed by atoms with Crippen LogP contribution in [-0.2, 0) is 0 Å². The fraction of sp³-hybridized carbons (Fsp3) is 0.750. The first-order valence-corrected chi connectivity index (χ1v) is 3.27. The molecule has 52 valence electrons. The Bertz CT molecular complexity index is 64.8. The Hall–Kier alpha value is 1.64. The van der Waals surface area contributed by atoms with E-state index in [9.17, 15) is 0 Å². The van der Waals surface area contributed by atoms with Crippen LogP contribution < -0.4 is 51.4 Å². The van der Waals surface area contributed by atoms with Crippen molar-refractivity contribution in [2.45, 2.75) is 17.8 Å². The van der Waals surface area contributed by atoms with Crippen LogP contribution in [0.1, 0.15) is 15.3 Å². The van der Waals surface area contributed by atoms with Crippen LogP contribution in [0.25, 0.3) is 0 Å². The van der Waals surface area contributed by atoms with Crippen molar-refractivity contribution >= 4 is 28.7 Å². The van der Waals surface area contributed by atoms with Gasteiger partial charge in [0.1, 0.15) is 0 Å². The Kier molecular flexibility index (Phi) is 23.2. The molecule has 0 amide bonds. The topological polar surface area (TPSA) is 57.5 Å². The van der Waals surface area contributed by atoms with Crippen LogP contribution in [0.2, 0.25) is 0 Å². The van der Waals surface area contributed by atoms with E-state index in [0.29, 0.717) is 0 Å². The Morgan fingerprint density at radius 2 is 1.56 bits per heavy atom. The molecule has 0 saturated heterocycles. The Balaban J connectivity index is -0.0000000300. The minimum absolute atomic E-state index is 0. The van der Waals surface area contributed by atoms with E-state index in [1.165, 1.54) is 0 Å². The smallest absolute Gasteiger partial charge is 1.00 e. The van der Waals surface area contributed by atoms with Crippen LogP contribution in [0.5, 0.6) is 0 Å². The SMILES string of the molecule is CC(C)I.O=C(O)O.[H-].[K+]. The third-order valence-corrected chi connectivity index (χ3v) is 0. The third-order valence-electron chi connectivity index (χ3n) is 0. The summed E-state index contributed by atoms with van der Waals surface area (Å²) in [6, 6.07) is 0. The minimum atomic E-state index is -1.83. The molecule has 2 N–H and O–H groups in total. The van der Waals surface area contributed by atoms with E-state index in [1.54, 1.807) is 0 Å². The predicted molar refractivity (Wildman–Crippen MR) is 40.9 cm³/mol. The van der Waals surface area contributed by atoms with Gasteiger partial charge >= 0.3 is 57.5 Å². The van der Waals surface area contributed by atoms with Gasteiger partial charge in [0, 0.05) is 3.92 Å². The maximum absolute atomic E-state index is 8.56. The summed E-state index contributed by atoms with van der Waals surface area (Å²) in [5.74, 6) is 0. The normalized spacial score (nSPS) is 6.67. The number of halogens is 1. The molecule has 0 radical (unpaired) electrons. The van der Waals surface area contributed by atoms with Gasteiger partial charge in [0.2, 0.25) is 0 Å². The molecule has 0 aromatic carbocycles. The van der Waals surface area contributed by atoms with Gasteiger partial charge in [-0.25, -0.2) is 4.79 Å². The van der Waals surface area contributed by atoms with E-state index in [0.717, 1.165) is 3.92 Å². The maximum atomic E-state index is 8.56. The van der Waals surface area contributed by atoms with Gasteiger partial charge in [-0.2, -0.15) is 0 Å². The second-order valence-corrected chi connectivity index (χ2v) is 3.79. The summed E-state index contributed by atoms with van der Waals surface area (Å²) in [4.78, 5) is 8.56. The molecule has 0 unspecified atom stereocenters. The molecule has 0 aromatic heterocycles. The molecule has 0 atom stereocenters. The van der Waals surface area contributed by atoms with Crippen LogP contribution >= 0.6 is 22.6 Å². The summed E-state index contributed by atoms with van der Waals surface area (Å²) in [5.41, 5.74) is 0. The molecule has 9 heavy (non-hydrogen) atoms. The van der Waals surface area contributed by atoms with E-state index in [2.05, 4.69) is 36.4 Å². The average molecular weight is 272 g/mol. The van der Waals surface area contributed by atoms with Crippen LogP contribution in [0, 0.1) is 0 Å². The molecule has 3 nitrogen and oxygen atoms in total. The van der Waals surface area contributed by atoms with Crippen molar-refractivity contribution in [3.63, 3.8) is 0 Å². The molecule has 0 bridgehead atoms. The zero-order valence-electron chi connectivity index (χ0n) is 6.76. The summed E-state index contributed by atoms with van der Waals surface area (Å²) < 4.78 is 0.803. The molecule has 0 fully saturated rings. The van der Waals surface area contributed by atoms with Gasteiger partial charge < -0.3 is 11.6 Å². The third kappa shape index (κ3) is 210. The molecular weight excluding hydrogens is 262 g/mol. The quantitative estimate of drug-likeness (QED) is 0.344. The van der Waals surface area contributed by atoms with Crippen LogP contribution in [-0.4, -0.2) is 20.3 Å². The number of carbonyl (C=O) groups is 1. The second kappa shape index (κ2) is 12.3. The first kappa shape index (κ1) is 16.9. The zero-order valence-corrected chi connectivity index (χ0v) is 11.0. The molecule has 0 rings (SSSR count). The van der Waals surface area contributed by atoms with Gasteiger partial charge in [-0.05, 0) is 0 Å². The summed E-state index contributed by atoms with van der Waals surface area (Å²) in [6.07, 6.45) is -1.83. The Morgan fingerprint density at radius 3 is 1.56 bits per heavy atom.